The lowest BCUT2D eigenvalue weighted by atomic mass is 10.1. The van der Waals surface area contributed by atoms with E-state index in [4.69, 9.17) is 0 Å². The number of pyridine rings is 1. The number of hydrogen-bond donors (Lipinski definition) is 1. The molecule has 2 nitrogen and oxygen atoms in total. The Labute approximate surface area is 93.9 Å². The monoisotopic (exact) mass is 234 g/mol. The second kappa shape index (κ2) is 5.72. The van der Waals surface area contributed by atoms with E-state index in [1.807, 2.05) is 13.8 Å². The summed E-state index contributed by atoms with van der Waals surface area (Å²) in [5, 5.41) is 2.81. The second-order valence-corrected chi connectivity index (χ2v) is 3.03. The number of nitrogens with zero attached hydrogens (tertiary/aromatic N) is 1. The average molecular weight is 234 g/mol. The van der Waals surface area contributed by atoms with Crippen LogP contribution in [0.4, 0.5) is 18.9 Å². The van der Waals surface area contributed by atoms with Crippen molar-refractivity contribution in [2.24, 2.45) is 0 Å². The normalized spacial score (nSPS) is 10.5. The van der Waals surface area contributed by atoms with Gasteiger partial charge < -0.3 is 5.32 Å². The van der Waals surface area contributed by atoms with Crippen LogP contribution in [0.1, 0.15) is 30.8 Å². The minimum absolute atomic E-state index is 0.361. The molecule has 1 heterocycles. The molecule has 0 aliphatic rings. The van der Waals surface area contributed by atoms with Gasteiger partial charge in [-0.05, 0) is 25.5 Å². The van der Waals surface area contributed by atoms with Crippen LogP contribution in [-0.4, -0.2) is 12.0 Å². The van der Waals surface area contributed by atoms with Gasteiger partial charge in [0.1, 0.15) is 5.69 Å². The maximum Gasteiger partial charge on any atom is 0.433 e. The first-order valence-corrected chi connectivity index (χ1v) is 5.09. The minimum atomic E-state index is -4.37. The lowest BCUT2D eigenvalue weighted by molar-refractivity contribution is -0.141. The third kappa shape index (κ3) is 3.40. The van der Waals surface area contributed by atoms with Gasteiger partial charge in [-0.15, -0.1) is 0 Å². The summed E-state index contributed by atoms with van der Waals surface area (Å²) in [6.07, 6.45) is -4.37. The molecule has 1 rings (SSSR count). The fraction of sp³-hybridized carbons (Fsp3) is 0.545. The SMILES string of the molecule is CC.CNc1c(C)cc(C(F)(F)F)nc1C. The summed E-state index contributed by atoms with van der Waals surface area (Å²) in [4.78, 5) is 3.49. The van der Waals surface area contributed by atoms with Gasteiger partial charge in [0.25, 0.3) is 0 Å². The van der Waals surface area contributed by atoms with E-state index < -0.39 is 11.9 Å². The molecule has 0 saturated heterocycles. The van der Waals surface area contributed by atoms with Crippen LogP contribution in [-0.2, 0) is 6.18 Å². The van der Waals surface area contributed by atoms with E-state index in [9.17, 15) is 13.2 Å². The molecule has 0 fully saturated rings. The molecule has 0 radical (unpaired) electrons. The molecule has 0 aliphatic heterocycles. The van der Waals surface area contributed by atoms with Crippen LogP contribution in [0.3, 0.4) is 0 Å². The molecule has 0 aliphatic carbocycles. The first-order chi connectivity index (χ1) is 7.36. The number of hydrogen-bond acceptors (Lipinski definition) is 2. The van der Waals surface area contributed by atoms with Gasteiger partial charge in [0.05, 0.1) is 11.4 Å². The Balaban J connectivity index is 0.00000106. The molecule has 0 bridgehead atoms. The number of anilines is 1. The lowest BCUT2D eigenvalue weighted by Gasteiger charge is -2.12. The number of nitrogens with one attached hydrogen (secondary N) is 1. The average Bonchev–Trinajstić information content (AvgIpc) is 2.19. The van der Waals surface area contributed by atoms with Crippen molar-refractivity contribution in [1.29, 1.82) is 0 Å². The minimum Gasteiger partial charge on any atom is -0.386 e. The second-order valence-electron chi connectivity index (χ2n) is 3.03. The van der Waals surface area contributed by atoms with Crippen LogP contribution in [0.15, 0.2) is 6.07 Å². The highest BCUT2D eigenvalue weighted by molar-refractivity contribution is 5.54. The van der Waals surface area contributed by atoms with Gasteiger partial charge in [0, 0.05) is 7.05 Å². The van der Waals surface area contributed by atoms with E-state index in [0.29, 0.717) is 16.9 Å². The van der Waals surface area contributed by atoms with Crippen molar-refractivity contribution in [3.05, 3.63) is 23.0 Å². The molecule has 92 valence electrons. The van der Waals surface area contributed by atoms with Gasteiger partial charge >= 0.3 is 6.18 Å². The van der Waals surface area contributed by atoms with Gasteiger partial charge in [-0.25, -0.2) is 4.98 Å². The fourth-order valence-corrected chi connectivity index (χ4v) is 1.35. The highest BCUT2D eigenvalue weighted by atomic mass is 19.4. The van der Waals surface area contributed by atoms with Gasteiger partial charge in [0.2, 0.25) is 0 Å². The molecule has 1 aromatic rings. The van der Waals surface area contributed by atoms with Crippen LogP contribution in [0.25, 0.3) is 0 Å². The molecule has 5 heteroatoms. The number of aryl methyl sites for hydroxylation is 2. The summed E-state index contributed by atoms with van der Waals surface area (Å²) in [6.45, 7) is 7.17. The summed E-state index contributed by atoms with van der Waals surface area (Å²) in [7, 11) is 1.66. The number of aromatic nitrogens is 1. The van der Waals surface area contributed by atoms with Crippen molar-refractivity contribution in [3.63, 3.8) is 0 Å². The quantitative estimate of drug-likeness (QED) is 0.799. The van der Waals surface area contributed by atoms with Crippen LogP contribution in [0.2, 0.25) is 0 Å². The third-order valence-electron chi connectivity index (χ3n) is 1.94. The largest absolute Gasteiger partial charge is 0.433 e. The standard InChI is InChI=1S/C9H11F3N2.C2H6/c1-5-4-7(9(10,11)12)14-6(2)8(5)13-3;1-2/h4,13H,1-3H3;1-2H3. The molecular formula is C11H17F3N2. The van der Waals surface area contributed by atoms with Crippen LogP contribution in [0.5, 0.6) is 0 Å². The maximum atomic E-state index is 12.3. The predicted octanol–water partition coefficient (Wildman–Crippen LogP) is 3.79. The van der Waals surface area contributed by atoms with Gasteiger partial charge in [0.15, 0.2) is 0 Å². The number of alkyl halides is 3. The Morgan fingerprint density at radius 1 is 1.19 bits per heavy atom. The summed E-state index contributed by atoms with van der Waals surface area (Å²) in [5.41, 5.74) is 0.719. The summed E-state index contributed by atoms with van der Waals surface area (Å²) < 4.78 is 36.9. The zero-order valence-corrected chi connectivity index (χ0v) is 10.2. The highest BCUT2D eigenvalue weighted by Gasteiger charge is 2.33. The Morgan fingerprint density at radius 3 is 2.00 bits per heavy atom. The molecule has 1 aromatic heterocycles. The van der Waals surface area contributed by atoms with Gasteiger partial charge in [-0.2, -0.15) is 13.2 Å². The molecule has 0 saturated carbocycles. The molecule has 0 amide bonds. The molecular weight excluding hydrogens is 217 g/mol. The van der Waals surface area contributed by atoms with Gasteiger partial charge in [-0.1, -0.05) is 13.8 Å². The molecule has 0 aromatic carbocycles. The molecule has 0 atom stereocenters. The van der Waals surface area contributed by atoms with Crippen molar-refractivity contribution in [3.8, 4) is 0 Å². The van der Waals surface area contributed by atoms with Crippen LogP contribution in [0, 0.1) is 13.8 Å². The Kier molecular flexibility index (Phi) is 5.27. The van der Waals surface area contributed by atoms with Gasteiger partial charge in [-0.3, -0.25) is 0 Å². The zero-order valence-electron chi connectivity index (χ0n) is 10.2. The van der Waals surface area contributed by atoms with E-state index in [0.717, 1.165) is 6.07 Å². The zero-order chi connectivity index (χ0) is 12.9. The van der Waals surface area contributed by atoms with Crippen molar-refractivity contribution in [1.82, 2.24) is 4.98 Å². The summed E-state index contributed by atoms with van der Waals surface area (Å²) >= 11 is 0. The topological polar surface area (TPSA) is 24.9 Å². The Hall–Kier alpha value is -1.26. The number of halogens is 3. The fourth-order valence-electron chi connectivity index (χ4n) is 1.35. The molecule has 0 unspecified atom stereocenters. The van der Waals surface area contributed by atoms with Crippen LogP contribution >= 0.6 is 0 Å². The smallest absolute Gasteiger partial charge is 0.386 e. The first kappa shape index (κ1) is 14.7. The lowest BCUT2D eigenvalue weighted by Crippen LogP contribution is -2.11. The Morgan fingerprint density at radius 2 is 1.69 bits per heavy atom. The van der Waals surface area contributed by atoms with Crippen LogP contribution < -0.4 is 5.32 Å². The first-order valence-electron chi connectivity index (χ1n) is 5.09. The summed E-state index contributed by atoms with van der Waals surface area (Å²) in [5.74, 6) is 0. The van der Waals surface area contributed by atoms with E-state index in [-0.39, 0.29) is 0 Å². The van der Waals surface area contributed by atoms with Crippen molar-refractivity contribution in [2.45, 2.75) is 33.9 Å². The van der Waals surface area contributed by atoms with Crippen molar-refractivity contribution in [2.75, 3.05) is 12.4 Å². The highest BCUT2D eigenvalue weighted by Crippen LogP contribution is 2.30. The molecule has 1 N–H and O–H groups in total. The van der Waals surface area contributed by atoms with Crippen molar-refractivity contribution >= 4 is 5.69 Å². The van der Waals surface area contributed by atoms with Crippen molar-refractivity contribution < 1.29 is 13.2 Å². The third-order valence-corrected chi connectivity index (χ3v) is 1.94. The van der Waals surface area contributed by atoms with E-state index in [1.165, 1.54) is 0 Å². The summed E-state index contributed by atoms with van der Waals surface area (Å²) in [6, 6.07) is 1.04. The molecule has 16 heavy (non-hydrogen) atoms. The van der Waals surface area contributed by atoms with E-state index in [1.54, 1.807) is 20.9 Å². The molecule has 0 spiro atoms. The van der Waals surface area contributed by atoms with E-state index in [2.05, 4.69) is 10.3 Å². The maximum absolute atomic E-state index is 12.3. The van der Waals surface area contributed by atoms with E-state index >= 15 is 0 Å². The predicted molar refractivity (Wildman–Crippen MR) is 59.6 cm³/mol. The Bertz CT molecular complexity index is 323. The number of rotatable bonds is 1.